The summed E-state index contributed by atoms with van der Waals surface area (Å²) >= 11 is 1.87. The van der Waals surface area contributed by atoms with Gasteiger partial charge in [-0.05, 0) is 76.2 Å². The smallest absolute Gasteiger partial charge is 0.164 e. The van der Waals surface area contributed by atoms with Crippen molar-refractivity contribution in [2.75, 3.05) is 0 Å². The molecule has 0 radical (unpaired) electrons. The van der Waals surface area contributed by atoms with E-state index in [9.17, 15) is 0 Å². The van der Waals surface area contributed by atoms with Crippen molar-refractivity contribution in [3.05, 3.63) is 179 Å². The molecule has 3 unspecified atom stereocenters. The Bertz CT molecular complexity index is 3150. The minimum Gasteiger partial charge on any atom is -0.484 e. The molecule has 0 bridgehead atoms. The first-order valence-corrected chi connectivity index (χ1v) is 19.6. The van der Waals surface area contributed by atoms with Gasteiger partial charge in [-0.25, -0.2) is 15.0 Å². The molecule has 3 atom stereocenters. The number of nitrogens with zero attached hydrogens (tertiary/aromatic N) is 3. The molecule has 0 saturated carbocycles. The number of ether oxygens (including phenoxy) is 1. The lowest BCUT2D eigenvalue weighted by molar-refractivity contribution is 0.277. The summed E-state index contributed by atoms with van der Waals surface area (Å²) in [6.45, 7) is 0. The van der Waals surface area contributed by atoms with E-state index < -0.39 is 0 Å². The van der Waals surface area contributed by atoms with Crippen LogP contribution in [0.5, 0.6) is 5.75 Å². The highest BCUT2D eigenvalue weighted by atomic mass is 32.1. The summed E-state index contributed by atoms with van der Waals surface area (Å²) in [5.41, 5.74) is 8.21. The van der Waals surface area contributed by atoms with Gasteiger partial charge in [-0.1, -0.05) is 115 Å². The molecule has 0 N–H and O–H groups in total. The minimum absolute atomic E-state index is 0.0737. The van der Waals surface area contributed by atoms with Crippen LogP contribution in [0, 0.1) is 0 Å². The third-order valence-corrected chi connectivity index (χ3v) is 12.6. The largest absolute Gasteiger partial charge is 0.484 e. The van der Waals surface area contributed by atoms with Gasteiger partial charge in [0.2, 0.25) is 0 Å². The highest BCUT2D eigenvalue weighted by molar-refractivity contribution is 7.20. The molecule has 3 aromatic heterocycles. The molecular formula is C49H31N3O2S. The van der Waals surface area contributed by atoms with Crippen LogP contribution in [0.15, 0.2) is 156 Å². The Morgan fingerprint density at radius 3 is 2.42 bits per heavy atom. The summed E-state index contributed by atoms with van der Waals surface area (Å²) in [5.74, 6) is 2.96. The van der Waals surface area contributed by atoms with Gasteiger partial charge in [0.25, 0.3) is 0 Å². The maximum Gasteiger partial charge on any atom is 0.164 e. The molecule has 5 nitrogen and oxygen atoms in total. The lowest BCUT2D eigenvalue weighted by Crippen LogP contribution is -2.23. The molecule has 3 aliphatic rings. The van der Waals surface area contributed by atoms with Crippen LogP contribution in [0.1, 0.15) is 39.2 Å². The Hall–Kier alpha value is -6.63. The molecule has 0 fully saturated rings. The van der Waals surface area contributed by atoms with Crippen molar-refractivity contribution in [1.29, 1.82) is 0 Å². The van der Waals surface area contributed by atoms with Crippen molar-refractivity contribution < 1.29 is 9.15 Å². The molecule has 1 aliphatic heterocycles. The normalized spacial score (nSPS) is 18.4. The standard InChI is InChI=1S/C49H31N3O2S/c1-2-11-29-24-31(21-20-28(29)10-1)47-50-48(37-16-9-15-35-33-12-3-6-17-40(33)54-46(35)37)52-49(51-47)39-26-32(27-42-45(39)36-14-4-7-18-41(36)53-42)30-22-23-44-38(25-30)34-13-5-8-19-43(34)55-44/h1-24,26-27,30,35,46H,25H2. The predicted molar refractivity (Wildman–Crippen MR) is 224 cm³/mol. The van der Waals surface area contributed by atoms with E-state index in [2.05, 4.69) is 134 Å². The quantitative estimate of drug-likeness (QED) is 0.181. The van der Waals surface area contributed by atoms with Crippen molar-refractivity contribution >= 4 is 65.8 Å². The second-order valence-corrected chi connectivity index (χ2v) is 15.7. The van der Waals surface area contributed by atoms with Crippen LogP contribution in [0.4, 0.5) is 0 Å². The van der Waals surface area contributed by atoms with Gasteiger partial charge in [-0.2, -0.15) is 0 Å². The average molecular weight is 726 g/mol. The maximum absolute atomic E-state index is 6.65. The van der Waals surface area contributed by atoms with Crippen molar-refractivity contribution in [2.24, 2.45) is 0 Å². The zero-order valence-electron chi connectivity index (χ0n) is 29.5. The number of aromatic nitrogens is 3. The van der Waals surface area contributed by atoms with Crippen molar-refractivity contribution in [1.82, 2.24) is 15.0 Å². The van der Waals surface area contributed by atoms with E-state index >= 15 is 0 Å². The lowest BCUT2D eigenvalue weighted by Gasteiger charge is -2.22. The number of hydrogen-bond donors (Lipinski definition) is 0. The van der Waals surface area contributed by atoms with Gasteiger partial charge < -0.3 is 9.15 Å². The Morgan fingerprint density at radius 1 is 0.655 bits per heavy atom. The summed E-state index contributed by atoms with van der Waals surface area (Å²) in [4.78, 5) is 17.3. The van der Waals surface area contributed by atoms with Crippen LogP contribution in [0.2, 0.25) is 0 Å². The third kappa shape index (κ3) is 4.88. The van der Waals surface area contributed by atoms with Crippen LogP contribution in [0.25, 0.3) is 77.2 Å². The number of allylic oxidation sites excluding steroid dienone is 3. The van der Waals surface area contributed by atoms with Crippen LogP contribution in [0.3, 0.4) is 0 Å². The van der Waals surface area contributed by atoms with Crippen LogP contribution in [-0.2, 0) is 6.42 Å². The zero-order valence-corrected chi connectivity index (χ0v) is 30.3. The predicted octanol–water partition coefficient (Wildman–Crippen LogP) is 12.3. The maximum atomic E-state index is 6.65. The number of para-hydroxylation sites is 2. The van der Waals surface area contributed by atoms with Crippen LogP contribution in [-0.4, -0.2) is 21.1 Å². The number of benzene rings is 6. The summed E-state index contributed by atoms with van der Waals surface area (Å²) in [6, 6.07) is 44.6. The fourth-order valence-electron chi connectivity index (χ4n) is 8.81. The Morgan fingerprint density at radius 2 is 1.45 bits per heavy atom. The molecule has 55 heavy (non-hydrogen) atoms. The highest BCUT2D eigenvalue weighted by Gasteiger charge is 2.38. The summed E-state index contributed by atoms with van der Waals surface area (Å²) < 4.78 is 14.6. The summed E-state index contributed by atoms with van der Waals surface area (Å²) in [7, 11) is 0. The molecule has 0 amide bonds. The fourth-order valence-corrected chi connectivity index (χ4v) is 9.95. The van der Waals surface area contributed by atoms with E-state index in [0.29, 0.717) is 17.5 Å². The van der Waals surface area contributed by atoms with Gasteiger partial charge in [-0.15, -0.1) is 11.3 Å². The molecule has 6 aromatic carbocycles. The van der Waals surface area contributed by atoms with Gasteiger partial charge in [0.1, 0.15) is 23.0 Å². The molecule has 12 rings (SSSR count). The SMILES string of the molecule is C1=CC2c3ccccc3OC2C(c2nc(-c3ccc4ccccc4c3)nc(-c3cc(C4C=Cc5sc6ccccc6c5C4)cc4oc5ccccc5c34)n2)=C1. The molecule has 0 spiro atoms. The van der Waals surface area contributed by atoms with E-state index in [-0.39, 0.29) is 17.9 Å². The second kappa shape index (κ2) is 11.9. The first-order valence-electron chi connectivity index (χ1n) is 18.8. The van der Waals surface area contributed by atoms with Crippen LogP contribution >= 0.6 is 11.3 Å². The van der Waals surface area contributed by atoms with E-state index in [0.717, 1.165) is 56.2 Å². The Kier molecular flexibility index (Phi) is 6.68. The number of fused-ring (bicyclic) bond motifs is 10. The van der Waals surface area contributed by atoms with Crippen molar-refractivity contribution in [2.45, 2.75) is 24.4 Å². The fraction of sp³-hybridized carbons (Fsp3) is 0.0816. The molecule has 0 saturated heterocycles. The summed E-state index contributed by atoms with van der Waals surface area (Å²) in [6.07, 6.45) is 11.7. The van der Waals surface area contributed by atoms with Gasteiger partial charge >= 0.3 is 0 Å². The third-order valence-electron chi connectivity index (χ3n) is 11.5. The van der Waals surface area contributed by atoms with Gasteiger partial charge in [0.15, 0.2) is 17.5 Å². The van der Waals surface area contributed by atoms with Gasteiger partial charge in [0, 0.05) is 54.4 Å². The second-order valence-electron chi connectivity index (χ2n) is 14.6. The van der Waals surface area contributed by atoms with Gasteiger partial charge in [-0.3, -0.25) is 0 Å². The van der Waals surface area contributed by atoms with Crippen molar-refractivity contribution in [3.63, 3.8) is 0 Å². The topological polar surface area (TPSA) is 61.0 Å². The molecule has 9 aromatic rings. The number of thiophene rings is 1. The first kappa shape index (κ1) is 30.8. The monoisotopic (exact) mass is 725 g/mol. The molecular weight excluding hydrogens is 695 g/mol. The van der Waals surface area contributed by atoms with Gasteiger partial charge in [0.05, 0.1) is 0 Å². The zero-order chi connectivity index (χ0) is 36.0. The van der Waals surface area contributed by atoms with E-state index in [4.69, 9.17) is 24.1 Å². The Labute approximate surface area is 320 Å². The number of rotatable bonds is 4. The summed E-state index contributed by atoms with van der Waals surface area (Å²) in [5, 5.41) is 5.68. The first-order chi connectivity index (χ1) is 27.2. The number of hydrogen-bond acceptors (Lipinski definition) is 6. The van der Waals surface area contributed by atoms with Crippen LogP contribution < -0.4 is 4.74 Å². The molecule has 4 heterocycles. The highest BCUT2D eigenvalue weighted by Crippen LogP contribution is 2.47. The average Bonchev–Trinajstić information content (AvgIpc) is 3.94. The van der Waals surface area contributed by atoms with E-state index in [1.54, 1.807) is 0 Å². The molecule has 260 valence electrons. The molecule has 6 heteroatoms. The molecule has 2 aliphatic carbocycles. The minimum atomic E-state index is -0.245. The van der Waals surface area contributed by atoms with E-state index in [1.807, 2.05) is 35.6 Å². The number of furan rings is 1. The Balaban J connectivity index is 1.07. The van der Waals surface area contributed by atoms with Crippen molar-refractivity contribution in [3.8, 4) is 28.5 Å². The lowest BCUT2D eigenvalue weighted by atomic mass is 9.85. The van der Waals surface area contributed by atoms with E-state index in [1.165, 1.54) is 37.0 Å².